The number of nitrogens with zero attached hydrogens (tertiary/aromatic N) is 1. The molecule has 1 nitrogen and oxygen atoms in total. The molecule has 2 aromatic carbocycles. The van der Waals surface area contributed by atoms with Crippen molar-refractivity contribution in [3.63, 3.8) is 0 Å². The van der Waals surface area contributed by atoms with Gasteiger partial charge in [-0.3, -0.25) is 0 Å². The first-order valence-electron chi connectivity index (χ1n) is 6.37. The van der Waals surface area contributed by atoms with Crippen LogP contribution in [-0.4, -0.2) is 15.0 Å². The van der Waals surface area contributed by atoms with Crippen molar-refractivity contribution in [3.8, 4) is 0 Å². The van der Waals surface area contributed by atoms with E-state index in [4.69, 9.17) is 12.2 Å². The Kier molecular flexibility index (Phi) is 3.85. The molecule has 0 unspecified atom stereocenters. The molecule has 3 rings (SSSR count). The second-order valence-electron chi connectivity index (χ2n) is 4.62. The Balaban J connectivity index is 1.83. The topological polar surface area (TPSA) is 3.24 Å². The molecule has 1 heterocycles. The average Bonchev–Trinajstić information content (AvgIpc) is 2.82. The Bertz CT molecular complexity index is 553. The highest BCUT2D eigenvalue weighted by Gasteiger charge is 2.29. The highest BCUT2D eigenvalue weighted by atomic mass is 32.2. The fourth-order valence-corrected chi connectivity index (χ4v) is 3.78. The number of thioether (sulfide) groups is 1. The molecule has 3 heteroatoms. The highest BCUT2D eigenvalue weighted by Crippen LogP contribution is 2.36. The van der Waals surface area contributed by atoms with E-state index in [2.05, 4.69) is 65.6 Å². The summed E-state index contributed by atoms with van der Waals surface area (Å²) < 4.78 is 1.01. The van der Waals surface area contributed by atoms with Crippen molar-refractivity contribution >= 4 is 28.3 Å². The van der Waals surface area contributed by atoms with E-state index in [1.54, 1.807) is 11.8 Å². The van der Waals surface area contributed by atoms with E-state index >= 15 is 0 Å². The van der Waals surface area contributed by atoms with Crippen LogP contribution in [0.5, 0.6) is 0 Å². The van der Waals surface area contributed by atoms with Crippen LogP contribution in [0, 0.1) is 0 Å². The minimum Gasteiger partial charge on any atom is -0.345 e. The number of hydrogen-bond donors (Lipinski definition) is 0. The molecule has 0 spiro atoms. The molecule has 0 bridgehead atoms. The van der Waals surface area contributed by atoms with Crippen molar-refractivity contribution in [2.45, 2.75) is 12.6 Å². The van der Waals surface area contributed by atoms with Crippen molar-refractivity contribution in [2.24, 2.45) is 0 Å². The zero-order valence-electron chi connectivity index (χ0n) is 10.5. The van der Waals surface area contributed by atoms with Gasteiger partial charge in [0, 0.05) is 12.3 Å². The Hall–Kier alpha value is -1.32. The summed E-state index contributed by atoms with van der Waals surface area (Å²) in [6.45, 7) is 0.895. The Labute approximate surface area is 123 Å². The summed E-state index contributed by atoms with van der Waals surface area (Å²) in [5, 5.41) is 0. The molecule has 1 atom stereocenters. The van der Waals surface area contributed by atoms with E-state index in [1.807, 2.05) is 0 Å². The monoisotopic (exact) mass is 285 g/mol. The van der Waals surface area contributed by atoms with Crippen molar-refractivity contribution in [2.75, 3.05) is 5.75 Å². The van der Waals surface area contributed by atoms with Gasteiger partial charge in [0.05, 0.1) is 6.04 Å². The minimum absolute atomic E-state index is 0.402. The van der Waals surface area contributed by atoms with Gasteiger partial charge in [-0.1, -0.05) is 84.6 Å². The summed E-state index contributed by atoms with van der Waals surface area (Å²) >= 11 is 7.29. The number of rotatable bonds is 3. The summed E-state index contributed by atoms with van der Waals surface area (Å²) in [5.41, 5.74) is 2.67. The molecular formula is C16H15NS2. The van der Waals surface area contributed by atoms with Gasteiger partial charge in [0.15, 0.2) is 0 Å². The van der Waals surface area contributed by atoms with Gasteiger partial charge in [-0.25, -0.2) is 0 Å². The average molecular weight is 285 g/mol. The lowest BCUT2D eigenvalue weighted by atomic mass is 10.1. The predicted octanol–water partition coefficient (Wildman–Crippen LogP) is 4.26. The molecule has 19 heavy (non-hydrogen) atoms. The smallest absolute Gasteiger partial charge is 0.137 e. The van der Waals surface area contributed by atoms with Crippen LogP contribution in [0.1, 0.15) is 17.2 Å². The number of benzene rings is 2. The molecule has 0 saturated carbocycles. The summed E-state index contributed by atoms with van der Waals surface area (Å²) in [7, 11) is 0. The molecule has 1 saturated heterocycles. The molecule has 0 N–H and O–H groups in total. The largest absolute Gasteiger partial charge is 0.345 e. The van der Waals surface area contributed by atoms with Crippen molar-refractivity contribution in [1.82, 2.24) is 4.90 Å². The zero-order valence-corrected chi connectivity index (χ0v) is 12.2. The van der Waals surface area contributed by atoms with Gasteiger partial charge >= 0.3 is 0 Å². The predicted molar refractivity (Wildman–Crippen MR) is 86.2 cm³/mol. The highest BCUT2D eigenvalue weighted by molar-refractivity contribution is 8.23. The lowest BCUT2D eigenvalue weighted by molar-refractivity contribution is 0.356. The van der Waals surface area contributed by atoms with Crippen LogP contribution in [0.25, 0.3) is 0 Å². The molecule has 2 aromatic rings. The summed E-state index contributed by atoms with van der Waals surface area (Å²) in [6.07, 6.45) is 0. The lowest BCUT2D eigenvalue weighted by Crippen LogP contribution is -2.26. The normalized spacial score (nSPS) is 18.8. The fourth-order valence-electron chi connectivity index (χ4n) is 2.36. The maximum absolute atomic E-state index is 5.51. The zero-order chi connectivity index (χ0) is 13.1. The second-order valence-corrected chi connectivity index (χ2v) is 6.27. The quantitative estimate of drug-likeness (QED) is 0.776. The van der Waals surface area contributed by atoms with E-state index < -0.39 is 0 Å². The van der Waals surface area contributed by atoms with Crippen LogP contribution < -0.4 is 0 Å². The van der Waals surface area contributed by atoms with E-state index in [0.29, 0.717) is 6.04 Å². The molecule has 1 aliphatic rings. The number of thiocarbonyl (C=S) groups is 1. The van der Waals surface area contributed by atoms with Crippen LogP contribution in [-0.2, 0) is 6.54 Å². The van der Waals surface area contributed by atoms with Crippen LogP contribution in [0.4, 0.5) is 0 Å². The fraction of sp³-hybridized carbons (Fsp3) is 0.188. The maximum atomic E-state index is 5.51. The first-order chi connectivity index (χ1) is 9.34. The summed E-state index contributed by atoms with van der Waals surface area (Å²) in [4.78, 5) is 2.34. The van der Waals surface area contributed by atoms with Crippen LogP contribution in [0.15, 0.2) is 60.7 Å². The maximum Gasteiger partial charge on any atom is 0.137 e. The van der Waals surface area contributed by atoms with E-state index in [9.17, 15) is 0 Å². The van der Waals surface area contributed by atoms with Gasteiger partial charge in [-0.05, 0) is 11.1 Å². The minimum atomic E-state index is 0.402. The SMILES string of the molecule is S=C1SC[C@H](c2ccccc2)N1Cc1ccccc1. The Morgan fingerprint density at radius 3 is 2.32 bits per heavy atom. The standard InChI is InChI=1S/C16H15NS2/c18-16-17(11-13-7-3-1-4-8-13)15(12-19-16)14-9-5-2-6-10-14/h1-10,15H,11-12H2/t15-/m1/s1. The molecule has 0 aromatic heterocycles. The summed E-state index contributed by atoms with van der Waals surface area (Å²) in [5.74, 6) is 1.05. The number of hydrogen-bond acceptors (Lipinski definition) is 2. The van der Waals surface area contributed by atoms with Crippen molar-refractivity contribution in [3.05, 3.63) is 71.8 Å². The van der Waals surface area contributed by atoms with Gasteiger partial charge in [-0.2, -0.15) is 0 Å². The van der Waals surface area contributed by atoms with Crippen molar-refractivity contribution in [1.29, 1.82) is 0 Å². The van der Waals surface area contributed by atoms with Gasteiger partial charge in [0.2, 0.25) is 0 Å². The molecule has 0 amide bonds. The van der Waals surface area contributed by atoms with Gasteiger partial charge in [0.25, 0.3) is 0 Å². The van der Waals surface area contributed by atoms with Gasteiger partial charge < -0.3 is 4.90 Å². The molecule has 1 aliphatic heterocycles. The van der Waals surface area contributed by atoms with Gasteiger partial charge in [0.1, 0.15) is 4.32 Å². The third kappa shape index (κ3) is 2.82. The molecule has 96 valence electrons. The Morgan fingerprint density at radius 2 is 1.63 bits per heavy atom. The first kappa shape index (κ1) is 12.7. The van der Waals surface area contributed by atoms with Crippen molar-refractivity contribution < 1.29 is 0 Å². The lowest BCUT2D eigenvalue weighted by Gasteiger charge is -2.26. The first-order valence-corrected chi connectivity index (χ1v) is 7.76. The third-order valence-electron chi connectivity index (χ3n) is 3.36. The molecule has 0 radical (unpaired) electrons. The molecular weight excluding hydrogens is 270 g/mol. The summed E-state index contributed by atoms with van der Waals surface area (Å²) in [6, 6.07) is 21.6. The Morgan fingerprint density at radius 1 is 1.00 bits per heavy atom. The second kappa shape index (κ2) is 5.76. The molecule has 0 aliphatic carbocycles. The van der Waals surface area contributed by atoms with Crippen LogP contribution >= 0.6 is 24.0 Å². The molecule has 1 fully saturated rings. The van der Waals surface area contributed by atoms with Crippen LogP contribution in [0.3, 0.4) is 0 Å². The third-order valence-corrected chi connectivity index (χ3v) is 4.91. The van der Waals surface area contributed by atoms with E-state index in [-0.39, 0.29) is 0 Å². The van der Waals surface area contributed by atoms with Crippen LogP contribution in [0.2, 0.25) is 0 Å². The van der Waals surface area contributed by atoms with E-state index in [0.717, 1.165) is 16.6 Å². The van der Waals surface area contributed by atoms with Gasteiger partial charge in [-0.15, -0.1) is 0 Å². The van der Waals surface area contributed by atoms with E-state index in [1.165, 1.54) is 11.1 Å².